The zero-order chi connectivity index (χ0) is 16.3. The van der Waals surface area contributed by atoms with Crippen LogP contribution in [0.1, 0.15) is 24.8 Å². The zero-order valence-corrected chi connectivity index (χ0v) is 13.7. The van der Waals surface area contributed by atoms with Crippen molar-refractivity contribution in [3.8, 4) is 0 Å². The van der Waals surface area contributed by atoms with Crippen molar-refractivity contribution in [3.05, 3.63) is 59.1 Å². The predicted molar refractivity (Wildman–Crippen MR) is 89.1 cm³/mol. The minimum Gasteiger partial charge on any atom is -0.278 e. The van der Waals surface area contributed by atoms with Gasteiger partial charge in [0.05, 0.1) is 15.5 Å². The first-order chi connectivity index (χ1) is 10.5. The molecule has 116 valence electrons. The van der Waals surface area contributed by atoms with Crippen LogP contribution in [-0.4, -0.2) is 23.3 Å². The molecule has 1 aliphatic rings. The summed E-state index contributed by atoms with van der Waals surface area (Å²) in [5.41, 5.74) is -0.0687. The van der Waals surface area contributed by atoms with Crippen LogP contribution >= 0.6 is 23.2 Å². The predicted octanol–water partition coefficient (Wildman–Crippen LogP) is 4.14. The molecule has 1 aliphatic heterocycles. The highest BCUT2D eigenvalue weighted by Gasteiger charge is 2.47. The summed E-state index contributed by atoms with van der Waals surface area (Å²) in [5, 5.41) is 0.823. The van der Waals surface area contributed by atoms with Gasteiger partial charge in [-0.2, -0.15) is 0 Å². The van der Waals surface area contributed by atoms with Crippen LogP contribution in [0.3, 0.4) is 0 Å². The van der Waals surface area contributed by atoms with Crippen molar-refractivity contribution in [2.75, 3.05) is 6.54 Å². The summed E-state index contributed by atoms with van der Waals surface area (Å²) in [7, 11) is 0. The summed E-state index contributed by atoms with van der Waals surface area (Å²) in [5.74, 6) is -0.411. The number of imide groups is 1. The molecule has 0 N–H and O–H groups in total. The molecule has 0 aromatic heterocycles. The number of carbonyl (C=O) groups is 2. The fourth-order valence-electron chi connectivity index (χ4n) is 2.86. The van der Waals surface area contributed by atoms with Crippen molar-refractivity contribution < 1.29 is 9.59 Å². The highest BCUT2D eigenvalue weighted by molar-refractivity contribution is 6.42. The van der Waals surface area contributed by atoms with Gasteiger partial charge in [-0.15, -0.1) is 13.2 Å². The topological polar surface area (TPSA) is 37.4 Å². The summed E-state index contributed by atoms with van der Waals surface area (Å²) in [6, 6.07) is 5.16. The molecule has 0 bridgehead atoms. The second-order valence-electron chi connectivity index (χ2n) is 5.30. The highest BCUT2D eigenvalue weighted by atomic mass is 35.5. The SMILES string of the molecule is C=CCN1C(=O)CC[C@](CC=C)(c2ccc(Cl)c(Cl)c2)C1=O. The van der Waals surface area contributed by atoms with Crippen LogP contribution in [0.2, 0.25) is 10.0 Å². The van der Waals surface area contributed by atoms with Crippen LogP contribution in [0, 0.1) is 0 Å². The quantitative estimate of drug-likeness (QED) is 0.598. The number of likely N-dealkylation sites (tertiary alicyclic amines) is 1. The van der Waals surface area contributed by atoms with Crippen LogP contribution in [0.25, 0.3) is 0 Å². The van der Waals surface area contributed by atoms with Crippen molar-refractivity contribution in [2.45, 2.75) is 24.7 Å². The lowest BCUT2D eigenvalue weighted by Crippen LogP contribution is -2.53. The second-order valence-corrected chi connectivity index (χ2v) is 6.12. The Morgan fingerprint density at radius 2 is 1.91 bits per heavy atom. The maximum Gasteiger partial charge on any atom is 0.240 e. The Kier molecular flexibility index (Phi) is 5.09. The fourth-order valence-corrected chi connectivity index (χ4v) is 3.16. The van der Waals surface area contributed by atoms with Crippen LogP contribution in [0.15, 0.2) is 43.5 Å². The van der Waals surface area contributed by atoms with E-state index in [1.165, 1.54) is 4.90 Å². The lowest BCUT2D eigenvalue weighted by atomic mass is 9.71. The summed E-state index contributed by atoms with van der Waals surface area (Å²) in [6.07, 6.45) is 4.41. The Morgan fingerprint density at radius 1 is 1.18 bits per heavy atom. The number of rotatable bonds is 5. The summed E-state index contributed by atoms with van der Waals surface area (Å²) in [4.78, 5) is 26.2. The molecule has 0 aliphatic carbocycles. The van der Waals surface area contributed by atoms with E-state index in [-0.39, 0.29) is 18.4 Å². The van der Waals surface area contributed by atoms with E-state index in [0.717, 1.165) is 5.56 Å². The number of nitrogens with zero attached hydrogens (tertiary/aromatic N) is 1. The van der Waals surface area contributed by atoms with Crippen LogP contribution in [-0.2, 0) is 15.0 Å². The first-order valence-corrected chi connectivity index (χ1v) is 7.74. The van der Waals surface area contributed by atoms with Gasteiger partial charge in [0.2, 0.25) is 11.8 Å². The molecule has 1 saturated heterocycles. The molecule has 3 nitrogen and oxygen atoms in total. The van der Waals surface area contributed by atoms with E-state index in [4.69, 9.17) is 23.2 Å². The van der Waals surface area contributed by atoms with Crippen molar-refractivity contribution in [3.63, 3.8) is 0 Å². The molecule has 2 rings (SSSR count). The molecular weight excluding hydrogens is 321 g/mol. The van der Waals surface area contributed by atoms with E-state index < -0.39 is 5.41 Å². The molecule has 1 aromatic rings. The van der Waals surface area contributed by atoms with E-state index in [2.05, 4.69) is 13.2 Å². The number of carbonyl (C=O) groups excluding carboxylic acids is 2. The Morgan fingerprint density at radius 3 is 2.50 bits per heavy atom. The standard InChI is InChI=1S/C17H17Cl2NO2/c1-3-8-17(12-5-6-13(18)14(19)11-12)9-7-15(21)20(10-4-2)16(17)22/h3-6,11H,1-2,7-10H2/t17-/m1/s1. The largest absolute Gasteiger partial charge is 0.278 e. The fraction of sp³-hybridized carbons (Fsp3) is 0.294. The van der Waals surface area contributed by atoms with Gasteiger partial charge in [-0.3, -0.25) is 14.5 Å². The van der Waals surface area contributed by atoms with Crippen molar-refractivity contribution in [2.24, 2.45) is 0 Å². The molecule has 5 heteroatoms. The summed E-state index contributed by atoms with van der Waals surface area (Å²) < 4.78 is 0. The van der Waals surface area contributed by atoms with Crippen molar-refractivity contribution in [1.82, 2.24) is 4.90 Å². The van der Waals surface area contributed by atoms with Crippen molar-refractivity contribution >= 4 is 35.0 Å². The van der Waals surface area contributed by atoms with Gasteiger partial charge < -0.3 is 0 Å². The monoisotopic (exact) mass is 337 g/mol. The van der Waals surface area contributed by atoms with E-state index in [1.54, 1.807) is 30.4 Å². The number of halogens is 2. The van der Waals surface area contributed by atoms with Crippen LogP contribution in [0.4, 0.5) is 0 Å². The molecule has 1 atom stereocenters. The lowest BCUT2D eigenvalue weighted by Gasteiger charge is -2.40. The highest BCUT2D eigenvalue weighted by Crippen LogP contribution is 2.41. The normalized spacial score (nSPS) is 21.8. The summed E-state index contributed by atoms with van der Waals surface area (Å²) in [6.45, 7) is 7.57. The van der Waals surface area contributed by atoms with Crippen LogP contribution in [0.5, 0.6) is 0 Å². The van der Waals surface area contributed by atoms with Gasteiger partial charge in [0, 0.05) is 13.0 Å². The third kappa shape index (κ3) is 2.83. The molecule has 0 radical (unpaired) electrons. The molecule has 0 spiro atoms. The van der Waals surface area contributed by atoms with Gasteiger partial charge in [0.25, 0.3) is 0 Å². The number of piperidine rings is 1. The molecule has 2 amide bonds. The zero-order valence-electron chi connectivity index (χ0n) is 12.1. The van der Waals surface area contributed by atoms with E-state index in [1.807, 2.05) is 0 Å². The van der Waals surface area contributed by atoms with Gasteiger partial charge in [-0.25, -0.2) is 0 Å². The van der Waals surface area contributed by atoms with Gasteiger partial charge >= 0.3 is 0 Å². The van der Waals surface area contributed by atoms with E-state index in [0.29, 0.717) is 29.3 Å². The average Bonchev–Trinajstić information content (AvgIpc) is 2.50. The molecule has 0 saturated carbocycles. The maximum atomic E-state index is 13.0. The average molecular weight is 338 g/mol. The van der Waals surface area contributed by atoms with Gasteiger partial charge in [-0.05, 0) is 30.5 Å². The van der Waals surface area contributed by atoms with E-state index in [9.17, 15) is 9.59 Å². The number of allylic oxidation sites excluding steroid dienone is 1. The van der Waals surface area contributed by atoms with Gasteiger partial charge in [0.15, 0.2) is 0 Å². The van der Waals surface area contributed by atoms with Gasteiger partial charge in [-0.1, -0.05) is 41.4 Å². The number of benzene rings is 1. The first-order valence-electron chi connectivity index (χ1n) is 6.98. The Bertz CT molecular complexity index is 642. The minimum atomic E-state index is -0.826. The maximum absolute atomic E-state index is 13.0. The lowest BCUT2D eigenvalue weighted by molar-refractivity contribution is -0.152. The Hall–Kier alpha value is -1.58. The van der Waals surface area contributed by atoms with E-state index >= 15 is 0 Å². The number of hydrogen-bond donors (Lipinski definition) is 0. The molecule has 1 heterocycles. The molecule has 0 unspecified atom stereocenters. The number of hydrogen-bond acceptors (Lipinski definition) is 2. The first kappa shape index (κ1) is 16.8. The third-order valence-corrected chi connectivity index (χ3v) is 4.74. The Labute approximate surface area is 140 Å². The van der Waals surface area contributed by atoms with Gasteiger partial charge in [0.1, 0.15) is 0 Å². The molecular formula is C17H17Cl2NO2. The molecule has 22 heavy (non-hydrogen) atoms. The smallest absolute Gasteiger partial charge is 0.240 e. The van der Waals surface area contributed by atoms with Crippen LogP contribution < -0.4 is 0 Å². The van der Waals surface area contributed by atoms with Crippen molar-refractivity contribution in [1.29, 1.82) is 0 Å². The number of amides is 2. The minimum absolute atomic E-state index is 0.176. The summed E-state index contributed by atoms with van der Waals surface area (Å²) >= 11 is 12.1. The second kappa shape index (κ2) is 6.67. The molecule has 1 aromatic carbocycles. The Balaban J connectivity index is 2.53. The third-order valence-electron chi connectivity index (χ3n) is 4.00. The molecule has 1 fully saturated rings.